The van der Waals surface area contributed by atoms with E-state index in [9.17, 15) is 9.59 Å². The van der Waals surface area contributed by atoms with Crippen molar-refractivity contribution in [2.45, 2.75) is 102 Å². The number of alkyl halides is 1. The summed E-state index contributed by atoms with van der Waals surface area (Å²) in [6.07, 6.45) is -0.830. The van der Waals surface area contributed by atoms with E-state index in [0.717, 1.165) is 10.6 Å². The predicted octanol–water partition coefficient (Wildman–Crippen LogP) is 4.90. The van der Waals surface area contributed by atoms with Crippen LogP contribution in [0.3, 0.4) is 0 Å². The number of H-pyrrole nitrogens is 1. The molecular formula is C24H41FN2O5Si2. The van der Waals surface area contributed by atoms with E-state index < -0.39 is 52.0 Å². The number of halogens is 1. The van der Waals surface area contributed by atoms with Crippen LogP contribution in [-0.4, -0.2) is 50.7 Å². The molecule has 2 rings (SSSR count). The molecule has 192 valence electrons. The van der Waals surface area contributed by atoms with Crippen LogP contribution < -0.4 is 11.2 Å². The smallest absolute Gasteiger partial charge is 0.330 e. The Hall–Kier alpha value is -1.56. The lowest BCUT2D eigenvalue weighted by Crippen LogP contribution is -2.54. The minimum atomic E-state index is -2.47. The molecule has 1 fully saturated rings. The Morgan fingerprint density at radius 3 is 2.21 bits per heavy atom. The molecule has 7 nitrogen and oxygen atoms in total. The molecule has 1 unspecified atom stereocenters. The van der Waals surface area contributed by atoms with Gasteiger partial charge in [0.2, 0.25) is 5.67 Å². The third-order valence-corrected chi connectivity index (χ3v) is 16.5. The summed E-state index contributed by atoms with van der Waals surface area (Å²) in [5.41, 5.74) is -1.07. The molecule has 1 saturated heterocycles. The Labute approximate surface area is 204 Å². The molecule has 0 radical (unpaired) electrons. The molecule has 0 aromatic carbocycles. The molecule has 0 amide bonds. The summed E-state index contributed by atoms with van der Waals surface area (Å²) < 4.78 is 37.2. The first-order valence-electron chi connectivity index (χ1n) is 11.6. The van der Waals surface area contributed by atoms with E-state index in [0.29, 0.717) is 0 Å². The SMILES string of the molecule is C=C=C[C@@]1(F)C(O[Si](C)(C)C(C)(C)C)[C@@H](CO[Si](C)(C)C(C)(C)C)O[C@H]1n1ccc(=O)[nH]c1=O. The van der Waals surface area contributed by atoms with Crippen LogP contribution in [0.1, 0.15) is 47.8 Å². The van der Waals surface area contributed by atoms with E-state index in [2.05, 4.69) is 71.9 Å². The highest BCUT2D eigenvalue weighted by molar-refractivity contribution is 6.74. The monoisotopic (exact) mass is 512 g/mol. The first kappa shape index (κ1) is 28.7. The molecule has 4 atom stereocenters. The van der Waals surface area contributed by atoms with Gasteiger partial charge in [-0.25, -0.2) is 9.18 Å². The molecule has 0 bridgehead atoms. The maximum Gasteiger partial charge on any atom is 0.330 e. The van der Waals surface area contributed by atoms with Crippen molar-refractivity contribution in [2.75, 3.05) is 6.61 Å². The molecule has 1 aliphatic rings. The number of nitrogens with zero attached hydrogens (tertiary/aromatic N) is 1. The minimum absolute atomic E-state index is 0.0511. The van der Waals surface area contributed by atoms with Crippen molar-refractivity contribution in [2.24, 2.45) is 0 Å². The largest absolute Gasteiger partial charge is 0.414 e. The van der Waals surface area contributed by atoms with Gasteiger partial charge < -0.3 is 13.6 Å². The molecule has 0 spiro atoms. The number of rotatable bonds is 7. The van der Waals surface area contributed by atoms with Crippen LogP contribution in [0.4, 0.5) is 4.39 Å². The number of nitrogens with one attached hydrogen (secondary N) is 1. The van der Waals surface area contributed by atoms with Crippen LogP contribution in [0.25, 0.3) is 0 Å². The number of hydrogen-bond acceptors (Lipinski definition) is 5. The number of aromatic amines is 1. The van der Waals surface area contributed by atoms with E-state index in [1.165, 1.54) is 12.3 Å². The van der Waals surface area contributed by atoms with Gasteiger partial charge in [-0.1, -0.05) is 48.1 Å². The van der Waals surface area contributed by atoms with Gasteiger partial charge in [0, 0.05) is 18.3 Å². The summed E-state index contributed by atoms with van der Waals surface area (Å²) >= 11 is 0. The number of ether oxygens (including phenoxy) is 1. The third kappa shape index (κ3) is 5.63. The van der Waals surface area contributed by atoms with Crippen molar-refractivity contribution in [3.05, 3.63) is 51.5 Å². The molecule has 10 heteroatoms. The first-order chi connectivity index (χ1) is 15.3. The van der Waals surface area contributed by atoms with Crippen molar-refractivity contribution in [1.82, 2.24) is 9.55 Å². The average Bonchev–Trinajstić information content (AvgIpc) is 2.90. The van der Waals surface area contributed by atoms with Crippen molar-refractivity contribution >= 4 is 16.6 Å². The van der Waals surface area contributed by atoms with Gasteiger partial charge in [-0.3, -0.25) is 14.3 Å². The molecule has 1 aliphatic heterocycles. The Morgan fingerprint density at radius 1 is 1.18 bits per heavy atom. The minimum Gasteiger partial charge on any atom is -0.414 e. The topological polar surface area (TPSA) is 82.6 Å². The zero-order chi connectivity index (χ0) is 26.3. The van der Waals surface area contributed by atoms with Crippen molar-refractivity contribution in [3.8, 4) is 0 Å². The Bertz CT molecular complexity index is 1050. The maximum atomic E-state index is 16.9. The first-order valence-corrected chi connectivity index (χ1v) is 17.4. The quantitative estimate of drug-likeness (QED) is 0.415. The molecular weight excluding hydrogens is 471 g/mol. The van der Waals surface area contributed by atoms with Gasteiger partial charge in [-0.15, -0.1) is 5.73 Å². The second-order valence-electron chi connectivity index (χ2n) is 12.1. The summed E-state index contributed by atoms with van der Waals surface area (Å²) in [7, 11) is -4.65. The molecule has 0 saturated carbocycles. The molecule has 1 N–H and O–H groups in total. The Balaban J connectivity index is 2.60. The van der Waals surface area contributed by atoms with E-state index in [-0.39, 0.29) is 16.7 Å². The summed E-state index contributed by atoms with van der Waals surface area (Å²) in [4.78, 5) is 26.4. The molecule has 1 aromatic rings. The van der Waals surface area contributed by atoms with Crippen LogP contribution in [-0.2, 0) is 13.6 Å². The summed E-state index contributed by atoms with van der Waals surface area (Å²) in [6, 6.07) is 1.16. The van der Waals surface area contributed by atoms with Gasteiger partial charge in [0.1, 0.15) is 12.2 Å². The van der Waals surface area contributed by atoms with Crippen LogP contribution in [0.15, 0.2) is 40.2 Å². The highest BCUT2D eigenvalue weighted by atomic mass is 28.4. The van der Waals surface area contributed by atoms with Crippen LogP contribution >= 0.6 is 0 Å². The maximum absolute atomic E-state index is 16.9. The Morgan fingerprint density at radius 2 is 1.74 bits per heavy atom. The number of aromatic nitrogens is 2. The fraction of sp³-hybridized carbons (Fsp3) is 0.708. The highest BCUT2D eigenvalue weighted by Gasteiger charge is 2.61. The van der Waals surface area contributed by atoms with E-state index in [1.807, 2.05) is 13.1 Å². The lowest BCUT2D eigenvalue weighted by Gasteiger charge is -2.42. The fourth-order valence-corrected chi connectivity index (χ4v) is 5.60. The molecule has 34 heavy (non-hydrogen) atoms. The van der Waals surface area contributed by atoms with Crippen molar-refractivity contribution < 1.29 is 18.0 Å². The second-order valence-corrected chi connectivity index (χ2v) is 21.7. The molecule has 2 heterocycles. The van der Waals surface area contributed by atoms with E-state index in [1.54, 1.807) is 0 Å². The van der Waals surface area contributed by atoms with Crippen molar-refractivity contribution in [3.63, 3.8) is 0 Å². The third-order valence-electron chi connectivity index (χ3n) is 7.53. The fourth-order valence-electron chi connectivity index (χ4n) is 3.26. The van der Waals surface area contributed by atoms with Gasteiger partial charge in [-0.05, 0) is 36.3 Å². The zero-order valence-electron chi connectivity index (χ0n) is 22.2. The standard InChI is InChI=1S/C24H41FN2O5Si2/c1-12-14-24(25)19(32-34(10,11)23(5,6)7)17(16-30-33(8,9)22(2,3)4)31-20(24)27-15-13-18(28)26-21(27)29/h13-15,17,19-20H,1,16H2,2-11H3,(H,26,28,29)/t17-,19?,20-,24-/m1/s1. The van der Waals surface area contributed by atoms with E-state index >= 15 is 4.39 Å². The lowest BCUT2D eigenvalue weighted by atomic mass is 9.96. The highest BCUT2D eigenvalue weighted by Crippen LogP contribution is 2.48. The van der Waals surface area contributed by atoms with Crippen LogP contribution in [0.2, 0.25) is 36.3 Å². The second kappa shape index (κ2) is 9.48. The van der Waals surface area contributed by atoms with Gasteiger partial charge in [0.15, 0.2) is 22.9 Å². The Kier molecular flexibility index (Phi) is 8.00. The number of hydrogen-bond donors (Lipinski definition) is 1. The van der Waals surface area contributed by atoms with Gasteiger partial charge in [0.25, 0.3) is 5.56 Å². The zero-order valence-corrected chi connectivity index (χ0v) is 24.2. The average molecular weight is 513 g/mol. The normalized spacial score (nSPS) is 26.4. The summed E-state index contributed by atoms with van der Waals surface area (Å²) in [6.45, 7) is 24.6. The molecule has 1 aromatic heterocycles. The van der Waals surface area contributed by atoms with Gasteiger partial charge in [-0.2, -0.15) is 0 Å². The van der Waals surface area contributed by atoms with E-state index in [4.69, 9.17) is 13.6 Å². The summed E-state index contributed by atoms with van der Waals surface area (Å²) in [5.74, 6) is 0. The molecule has 0 aliphatic carbocycles. The predicted molar refractivity (Wildman–Crippen MR) is 138 cm³/mol. The van der Waals surface area contributed by atoms with Crippen LogP contribution in [0, 0.1) is 0 Å². The van der Waals surface area contributed by atoms with Gasteiger partial charge >= 0.3 is 5.69 Å². The summed E-state index contributed by atoms with van der Waals surface area (Å²) in [5, 5.41) is -0.242. The van der Waals surface area contributed by atoms with Gasteiger partial charge in [0.05, 0.1) is 6.61 Å². The van der Waals surface area contributed by atoms with Crippen LogP contribution in [0.5, 0.6) is 0 Å². The lowest BCUT2D eigenvalue weighted by molar-refractivity contribution is -0.0534. The van der Waals surface area contributed by atoms with Crippen molar-refractivity contribution in [1.29, 1.82) is 0 Å².